The summed E-state index contributed by atoms with van der Waals surface area (Å²) in [7, 11) is 4.03. The maximum atomic E-state index is 12.7. The number of hydrogen-bond acceptors (Lipinski definition) is 4. The highest BCUT2D eigenvalue weighted by Crippen LogP contribution is 2.15. The normalized spacial score (nSPS) is 11.1. The second kappa shape index (κ2) is 8.18. The topological polar surface area (TPSA) is 68.0 Å². The van der Waals surface area contributed by atoms with Gasteiger partial charge in [-0.2, -0.15) is 10.2 Å². The summed E-state index contributed by atoms with van der Waals surface area (Å²) in [5, 5.41) is 11.8. The average molecular weight is 366 g/mol. The zero-order valence-electron chi connectivity index (χ0n) is 16.3. The molecule has 0 unspecified atom stereocenters. The Hall–Kier alpha value is -2.93. The predicted molar refractivity (Wildman–Crippen MR) is 105 cm³/mol. The van der Waals surface area contributed by atoms with Crippen molar-refractivity contribution in [2.24, 2.45) is 0 Å². The minimum Gasteiger partial charge on any atom is -0.350 e. The maximum Gasteiger partial charge on any atom is 0.253 e. The molecule has 7 heteroatoms. The first-order valence-electron chi connectivity index (χ1n) is 9.01. The predicted octanol–water partition coefficient (Wildman–Crippen LogP) is 2.18. The lowest BCUT2D eigenvalue weighted by Crippen LogP contribution is -2.28. The number of aryl methyl sites for hydroxylation is 2. The van der Waals surface area contributed by atoms with Crippen LogP contribution in [0, 0.1) is 13.8 Å². The van der Waals surface area contributed by atoms with E-state index in [-0.39, 0.29) is 5.91 Å². The summed E-state index contributed by atoms with van der Waals surface area (Å²) >= 11 is 0. The van der Waals surface area contributed by atoms with Gasteiger partial charge in [-0.1, -0.05) is 12.1 Å². The molecule has 1 aromatic carbocycles. The van der Waals surface area contributed by atoms with Crippen molar-refractivity contribution in [1.29, 1.82) is 0 Å². The highest BCUT2D eigenvalue weighted by Gasteiger charge is 2.13. The third-order valence-corrected chi connectivity index (χ3v) is 4.24. The van der Waals surface area contributed by atoms with E-state index in [0.717, 1.165) is 29.2 Å². The fourth-order valence-electron chi connectivity index (χ4n) is 3.08. The smallest absolute Gasteiger partial charge is 0.253 e. The van der Waals surface area contributed by atoms with E-state index in [0.29, 0.717) is 18.7 Å². The number of hydrogen-bond donors (Lipinski definition) is 1. The first-order valence-corrected chi connectivity index (χ1v) is 9.01. The molecule has 3 aromatic rings. The molecule has 3 rings (SSSR count). The molecule has 0 aliphatic carbocycles. The van der Waals surface area contributed by atoms with E-state index >= 15 is 0 Å². The van der Waals surface area contributed by atoms with Crippen LogP contribution in [-0.2, 0) is 13.1 Å². The monoisotopic (exact) mass is 366 g/mol. The van der Waals surface area contributed by atoms with Gasteiger partial charge < -0.3 is 10.2 Å². The number of nitrogens with zero attached hydrogens (tertiary/aromatic N) is 5. The van der Waals surface area contributed by atoms with Gasteiger partial charge in [0.15, 0.2) is 0 Å². The number of nitrogens with one attached hydrogen (secondary N) is 1. The van der Waals surface area contributed by atoms with Crippen molar-refractivity contribution in [2.75, 3.05) is 20.6 Å². The molecule has 2 aromatic heterocycles. The summed E-state index contributed by atoms with van der Waals surface area (Å²) in [6.45, 7) is 5.94. The number of benzene rings is 1. The third kappa shape index (κ3) is 4.62. The van der Waals surface area contributed by atoms with E-state index in [1.807, 2.05) is 75.4 Å². The molecule has 0 fully saturated rings. The average Bonchev–Trinajstić information content (AvgIpc) is 3.20. The Bertz CT molecular complexity index is 924. The second-order valence-electron chi connectivity index (χ2n) is 6.95. The van der Waals surface area contributed by atoms with E-state index in [4.69, 9.17) is 0 Å². The Kier molecular flexibility index (Phi) is 5.71. The number of carbonyl (C=O) groups is 1. The SMILES string of the molecule is Cc1cc(C)n(CCNC(=O)c2ccccc2-n2cc(CN(C)C)cn2)n1. The lowest BCUT2D eigenvalue weighted by Gasteiger charge is -2.11. The molecule has 27 heavy (non-hydrogen) atoms. The van der Waals surface area contributed by atoms with E-state index in [2.05, 4.69) is 20.4 Å². The number of carbonyl (C=O) groups excluding carboxylic acids is 1. The zero-order valence-corrected chi connectivity index (χ0v) is 16.3. The van der Waals surface area contributed by atoms with Gasteiger partial charge in [-0.05, 0) is 46.1 Å². The molecule has 1 amide bonds. The van der Waals surface area contributed by atoms with Crippen molar-refractivity contribution in [3.8, 4) is 5.69 Å². The molecule has 0 saturated heterocycles. The second-order valence-corrected chi connectivity index (χ2v) is 6.95. The van der Waals surface area contributed by atoms with Crippen LogP contribution in [0.1, 0.15) is 27.3 Å². The van der Waals surface area contributed by atoms with Gasteiger partial charge in [0.05, 0.1) is 29.7 Å². The lowest BCUT2D eigenvalue weighted by molar-refractivity contribution is 0.0951. The van der Waals surface area contributed by atoms with Crippen LogP contribution in [0.3, 0.4) is 0 Å². The van der Waals surface area contributed by atoms with Gasteiger partial charge in [-0.3, -0.25) is 9.48 Å². The van der Waals surface area contributed by atoms with Gasteiger partial charge in [0.2, 0.25) is 0 Å². The molecule has 1 N–H and O–H groups in total. The third-order valence-electron chi connectivity index (χ3n) is 4.24. The molecule has 0 aliphatic rings. The Labute approximate surface area is 159 Å². The molecular weight excluding hydrogens is 340 g/mol. The first-order chi connectivity index (χ1) is 12.9. The van der Waals surface area contributed by atoms with E-state index in [1.54, 1.807) is 4.68 Å². The molecule has 0 atom stereocenters. The van der Waals surface area contributed by atoms with Gasteiger partial charge >= 0.3 is 0 Å². The number of para-hydroxylation sites is 1. The van der Waals surface area contributed by atoms with Crippen LogP contribution < -0.4 is 5.32 Å². The summed E-state index contributed by atoms with van der Waals surface area (Å²) in [5.41, 5.74) is 4.54. The standard InChI is InChI=1S/C20H26N6O/c1-15-11-16(2)25(23-15)10-9-21-20(27)18-7-5-6-8-19(18)26-14-17(12-22-26)13-24(3)4/h5-8,11-12,14H,9-10,13H2,1-4H3,(H,21,27). The van der Waals surface area contributed by atoms with Crippen molar-refractivity contribution in [1.82, 2.24) is 29.8 Å². The summed E-state index contributed by atoms with van der Waals surface area (Å²) < 4.78 is 3.66. The molecule has 0 aliphatic heterocycles. The largest absolute Gasteiger partial charge is 0.350 e. The Morgan fingerprint density at radius 2 is 2.00 bits per heavy atom. The molecule has 0 saturated carbocycles. The van der Waals surface area contributed by atoms with Crippen molar-refractivity contribution >= 4 is 5.91 Å². The maximum absolute atomic E-state index is 12.7. The Morgan fingerprint density at radius 3 is 2.70 bits per heavy atom. The van der Waals surface area contributed by atoms with Crippen LogP contribution in [0.4, 0.5) is 0 Å². The quantitative estimate of drug-likeness (QED) is 0.696. The molecule has 0 bridgehead atoms. The molecule has 2 heterocycles. The van der Waals surface area contributed by atoms with E-state index in [1.165, 1.54) is 0 Å². The summed E-state index contributed by atoms with van der Waals surface area (Å²) in [5.74, 6) is -0.114. The van der Waals surface area contributed by atoms with Gasteiger partial charge in [-0.25, -0.2) is 4.68 Å². The number of rotatable bonds is 7. The number of aromatic nitrogens is 4. The van der Waals surface area contributed by atoms with E-state index in [9.17, 15) is 4.79 Å². The number of amides is 1. The van der Waals surface area contributed by atoms with Crippen molar-refractivity contribution < 1.29 is 4.79 Å². The van der Waals surface area contributed by atoms with Crippen LogP contribution in [0.5, 0.6) is 0 Å². The highest BCUT2D eigenvalue weighted by molar-refractivity contribution is 5.97. The summed E-state index contributed by atoms with van der Waals surface area (Å²) in [6, 6.07) is 9.53. The molecule has 142 valence electrons. The molecule has 0 radical (unpaired) electrons. The molecular formula is C20H26N6O. The minimum atomic E-state index is -0.114. The van der Waals surface area contributed by atoms with Gasteiger partial charge in [0.1, 0.15) is 0 Å². The van der Waals surface area contributed by atoms with Crippen LogP contribution in [-0.4, -0.2) is 51.0 Å². The summed E-state index contributed by atoms with van der Waals surface area (Å²) in [6.07, 6.45) is 3.79. The van der Waals surface area contributed by atoms with E-state index < -0.39 is 0 Å². The zero-order chi connectivity index (χ0) is 19.4. The fourth-order valence-corrected chi connectivity index (χ4v) is 3.08. The Morgan fingerprint density at radius 1 is 1.22 bits per heavy atom. The van der Waals surface area contributed by atoms with Crippen LogP contribution in [0.2, 0.25) is 0 Å². The van der Waals surface area contributed by atoms with Crippen molar-refractivity contribution in [3.05, 3.63) is 65.2 Å². The highest BCUT2D eigenvalue weighted by atomic mass is 16.1. The molecule has 0 spiro atoms. The Balaban J connectivity index is 1.70. The molecule has 7 nitrogen and oxygen atoms in total. The fraction of sp³-hybridized carbons (Fsp3) is 0.350. The first kappa shape index (κ1) is 18.8. The minimum absolute atomic E-state index is 0.114. The van der Waals surface area contributed by atoms with Gasteiger partial charge in [0, 0.05) is 30.5 Å². The van der Waals surface area contributed by atoms with Crippen LogP contribution in [0.25, 0.3) is 5.69 Å². The summed E-state index contributed by atoms with van der Waals surface area (Å²) in [4.78, 5) is 14.8. The van der Waals surface area contributed by atoms with Crippen molar-refractivity contribution in [2.45, 2.75) is 26.9 Å². The van der Waals surface area contributed by atoms with Crippen LogP contribution >= 0.6 is 0 Å². The van der Waals surface area contributed by atoms with Crippen molar-refractivity contribution in [3.63, 3.8) is 0 Å². The van der Waals surface area contributed by atoms with Crippen LogP contribution in [0.15, 0.2) is 42.7 Å². The lowest BCUT2D eigenvalue weighted by atomic mass is 10.1. The van der Waals surface area contributed by atoms with Gasteiger partial charge in [-0.15, -0.1) is 0 Å². The van der Waals surface area contributed by atoms with Gasteiger partial charge in [0.25, 0.3) is 5.91 Å².